The van der Waals surface area contributed by atoms with Gasteiger partial charge in [0.25, 0.3) is 0 Å². The van der Waals surface area contributed by atoms with Crippen molar-refractivity contribution in [1.29, 1.82) is 0 Å². The van der Waals surface area contributed by atoms with Crippen molar-refractivity contribution in [2.75, 3.05) is 6.54 Å². The number of esters is 1. The third kappa shape index (κ3) is 6.45. The lowest BCUT2D eigenvalue weighted by atomic mass is 10.0. The molecule has 0 unspecified atom stereocenters. The molecule has 0 aromatic heterocycles. The summed E-state index contributed by atoms with van der Waals surface area (Å²) in [5.41, 5.74) is 0.932. The molecule has 1 atom stereocenters. The lowest BCUT2D eigenvalue weighted by molar-refractivity contribution is -0.144. The second kappa shape index (κ2) is 9.18. The van der Waals surface area contributed by atoms with Crippen LogP contribution in [0.1, 0.15) is 25.8 Å². The summed E-state index contributed by atoms with van der Waals surface area (Å²) >= 11 is 0. The van der Waals surface area contributed by atoms with Gasteiger partial charge in [-0.2, -0.15) is 0 Å². The number of carbonyl (C=O) groups excluding carboxylic acids is 2. The Morgan fingerprint density at radius 3 is 2.48 bits per heavy atom. The minimum Gasteiger partial charge on any atom is -0.461 e. The van der Waals surface area contributed by atoms with E-state index < -0.39 is 6.04 Å². The molecule has 1 rings (SSSR count). The molecule has 2 N–H and O–H groups in total. The van der Waals surface area contributed by atoms with Crippen LogP contribution in [-0.4, -0.2) is 32.4 Å². The Hall–Kier alpha value is -1.82. The van der Waals surface area contributed by atoms with Crippen LogP contribution in [0.4, 0.5) is 0 Å². The van der Waals surface area contributed by atoms with E-state index in [9.17, 15) is 9.59 Å². The van der Waals surface area contributed by atoms with E-state index in [4.69, 9.17) is 12.7 Å². The molecule has 0 aliphatic carbocycles. The average Bonchev–Trinajstić information content (AvgIpc) is 2.46. The molecule has 0 heterocycles. The van der Waals surface area contributed by atoms with Crippen LogP contribution in [0.3, 0.4) is 0 Å². The standard InChI is InChI=1S/C15H21BN2O3/c1-11(2)14(18-16)15(20)17-9-8-13(19)21-10-12-6-4-3-5-7-12/h3-7,11,14,18H,8-10H2,1-2H3,(H,17,20)/t14-/m0/s1. The first kappa shape index (κ1) is 17.2. The van der Waals surface area contributed by atoms with Crippen LogP contribution >= 0.6 is 0 Å². The minimum absolute atomic E-state index is 0.0695. The molecule has 21 heavy (non-hydrogen) atoms. The van der Waals surface area contributed by atoms with E-state index in [1.807, 2.05) is 44.2 Å². The quantitative estimate of drug-likeness (QED) is 0.552. The van der Waals surface area contributed by atoms with Gasteiger partial charge in [0.1, 0.15) is 6.61 Å². The second-order valence-electron chi connectivity index (χ2n) is 5.08. The number of benzene rings is 1. The third-order valence-electron chi connectivity index (χ3n) is 3.00. The lowest BCUT2D eigenvalue weighted by Crippen LogP contribution is -2.46. The Morgan fingerprint density at radius 1 is 1.24 bits per heavy atom. The summed E-state index contributed by atoms with van der Waals surface area (Å²) in [6.45, 7) is 4.25. The molecule has 0 fully saturated rings. The Morgan fingerprint density at radius 2 is 1.90 bits per heavy atom. The molecule has 1 amide bonds. The zero-order valence-electron chi connectivity index (χ0n) is 12.5. The van der Waals surface area contributed by atoms with E-state index in [1.165, 1.54) is 0 Å². The van der Waals surface area contributed by atoms with Gasteiger partial charge in [0.15, 0.2) is 7.98 Å². The number of rotatable bonds is 8. The number of carbonyl (C=O) groups is 2. The highest BCUT2D eigenvalue weighted by Gasteiger charge is 2.19. The van der Waals surface area contributed by atoms with Crippen molar-refractivity contribution < 1.29 is 14.3 Å². The molecule has 1 aromatic rings. The predicted octanol–water partition coefficient (Wildman–Crippen LogP) is 0.934. The summed E-state index contributed by atoms with van der Waals surface area (Å²) in [5.74, 6) is -0.496. The maximum absolute atomic E-state index is 11.8. The van der Waals surface area contributed by atoms with Crippen molar-refractivity contribution in [3.63, 3.8) is 0 Å². The summed E-state index contributed by atoms with van der Waals surface area (Å²) < 4.78 is 5.11. The summed E-state index contributed by atoms with van der Waals surface area (Å²) in [5, 5.41) is 5.12. The first-order valence-corrected chi connectivity index (χ1v) is 6.98. The minimum atomic E-state index is -0.467. The predicted molar refractivity (Wildman–Crippen MR) is 81.4 cm³/mol. The Bertz CT molecular complexity index is 451. The second-order valence-corrected chi connectivity index (χ2v) is 5.08. The van der Waals surface area contributed by atoms with Gasteiger partial charge >= 0.3 is 5.97 Å². The first-order valence-electron chi connectivity index (χ1n) is 6.98. The molecule has 0 aliphatic rings. The van der Waals surface area contributed by atoms with E-state index in [2.05, 4.69) is 10.5 Å². The molecule has 1 aromatic carbocycles. The van der Waals surface area contributed by atoms with Crippen molar-refractivity contribution in [2.24, 2.45) is 5.92 Å². The molecule has 5 nitrogen and oxygen atoms in total. The van der Waals surface area contributed by atoms with E-state index in [-0.39, 0.29) is 37.4 Å². The van der Waals surface area contributed by atoms with Crippen molar-refractivity contribution in [1.82, 2.24) is 10.5 Å². The van der Waals surface area contributed by atoms with Gasteiger partial charge in [-0.15, -0.1) is 0 Å². The monoisotopic (exact) mass is 288 g/mol. The smallest absolute Gasteiger partial charge is 0.307 e. The average molecular weight is 288 g/mol. The van der Waals surface area contributed by atoms with Crippen molar-refractivity contribution in [3.8, 4) is 0 Å². The fraction of sp³-hybridized carbons (Fsp3) is 0.467. The molecule has 0 saturated carbocycles. The van der Waals surface area contributed by atoms with Gasteiger partial charge in [-0.25, -0.2) is 0 Å². The summed E-state index contributed by atoms with van der Waals surface area (Å²) in [6, 6.07) is 8.97. The summed E-state index contributed by atoms with van der Waals surface area (Å²) in [6.07, 6.45) is 0.133. The molecule has 2 radical (unpaired) electrons. The molecular formula is C15H21BN2O3. The molecule has 0 saturated heterocycles. The van der Waals surface area contributed by atoms with Gasteiger partial charge in [-0.05, 0) is 11.5 Å². The first-order chi connectivity index (χ1) is 10.0. The van der Waals surface area contributed by atoms with E-state index in [1.54, 1.807) is 0 Å². The molecule has 6 heteroatoms. The van der Waals surface area contributed by atoms with Crippen molar-refractivity contribution >= 4 is 19.9 Å². The van der Waals surface area contributed by atoms with Crippen LogP contribution in [0.25, 0.3) is 0 Å². The van der Waals surface area contributed by atoms with Gasteiger partial charge in [0, 0.05) is 6.54 Å². The topological polar surface area (TPSA) is 67.4 Å². The maximum atomic E-state index is 11.8. The van der Waals surface area contributed by atoms with Crippen molar-refractivity contribution in [2.45, 2.75) is 32.9 Å². The van der Waals surface area contributed by atoms with Crippen LogP contribution < -0.4 is 10.5 Å². The van der Waals surface area contributed by atoms with Gasteiger partial charge < -0.3 is 15.3 Å². The van der Waals surface area contributed by atoms with Crippen LogP contribution in [-0.2, 0) is 20.9 Å². The van der Waals surface area contributed by atoms with Gasteiger partial charge in [0.05, 0.1) is 12.5 Å². The van der Waals surface area contributed by atoms with Crippen molar-refractivity contribution in [3.05, 3.63) is 35.9 Å². The highest BCUT2D eigenvalue weighted by Crippen LogP contribution is 2.02. The normalized spacial score (nSPS) is 12.0. The number of nitrogens with one attached hydrogen (secondary N) is 2. The fourth-order valence-corrected chi connectivity index (χ4v) is 1.78. The Kier molecular flexibility index (Phi) is 7.54. The fourth-order valence-electron chi connectivity index (χ4n) is 1.78. The number of hydrogen-bond donors (Lipinski definition) is 2. The maximum Gasteiger partial charge on any atom is 0.307 e. The Balaban J connectivity index is 2.23. The van der Waals surface area contributed by atoms with Crippen LogP contribution in [0.5, 0.6) is 0 Å². The van der Waals surface area contributed by atoms with Crippen LogP contribution in [0.2, 0.25) is 0 Å². The zero-order chi connectivity index (χ0) is 15.7. The SMILES string of the molecule is [B]N[C@H](C(=O)NCCC(=O)OCc1ccccc1)C(C)C. The largest absolute Gasteiger partial charge is 0.461 e. The number of ether oxygens (including phenoxy) is 1. The lowest BCUT2D eigenvalue weighted by Gasteiger charge is -2.19. The Labute approximate surface area is 126 Å². The van der Waals surface area contributed by atoms with Crippen LogP contribution in [0, 0.1) is 5.92 Å². The highest BCUT2D eigenvalue weighted by molar-refractivity contribution is 6.06. The molecular weight excluding hydrogens is 267 g/mol. The molecule has 0 spiro atoms. The summed E-state index contributed by atoms with van der Waals surface area (Å²) in [7, 11) is 5.32. The molecule has 0 aliphatic heterocycles. The number of hydrogen-bond acceptors (Lipinski definition) is 4. The van der Waals surface area contributed by atoms with Gasteiger partial charge in [-0.1, -0.05) is 44.2 Å². The van der Waals surface area contributed by atoms with E-state index in [0.717, 1.165) is 5.56 Å². The van der Waals surface area contributed by atoms with Crippen LogP contribution in [0.15, 0.2) is 30.3 Å². The number of amides is 1. The molecule has 0 bridgehead atoms. The van der Waals surface area contributed by atoms with E-state index >= 15 is 0 Å². The zero-order valence-corrected chi connectivity index (χ0v) is 12.5. The van der Waals surface area contributed by atoms with E-state index in [0.29, 0.717) is 0 Å². The summed E-state index contributed by atoms with van der Waals surface area (Å²) in [4.78, 5) is 23.3. The van der Waals surface area contributed by atoms with Gasteiger partial charge in [0.2, 0.25) is 5.91 Å². The molecule has 112 valence electrons. The van der Waals surface area contributed by atoms with Gasteiger partial charge in [-0.3, -0.25) is 9.59 Å². The third-order valence-corrected chi connectivity index (χ3v) is 3.00. The highest BCUT2D eigenvalue weighted by atomic mass is 16.5.